The Labute approximate surface area is 150 Å². The monoisotopic (exact) mass is 359 g/mol. The fourth-order valence-corrected chi connectivity index (χ4v) is 3.53. The lowest BCUT2D eigenvalue weighted by Gasteiger charge is -2.35. The molecular weight excluding hydrogens is 341 g/mol. The zero-order chi connectivity index (χ0) is 17.4. The molecule has 0 aliphatic carbocycles. The Kier molecular flexibility index (Phi) is 4.31. The van der Waals surface area contributed by atoms with Crippen molar-refractivity contribution in [1.82, 2.24) is 19.9 Å². The molecular formula is C18H19ClFN5. The zero-order valence-electron chi connectivity index (χ0n) is 13.9. The first-order valence-corrected chi connectivity index (χ1v) is 8.72. The molecule has 0 saturated carbocycles. The largest absolute Gasteiger partial charge is 0.354 e. The van der Waals surface area contributed by atoms with E-state index in [2.05, 4.69) is 20.3 Å². The molecule has 1 N–H and O–H groups in total. The Morgan fingerprint density at radius 3 is 2.88 bits per heavy atom. The molecule has 1 aliphatic rings. The first kappa shape index (κ1) is 16.3. The van der Waals surface area contributed by atoms with Gasteiger partial charge in [0.15, 0.2) is 5.65 Å². The molecule has 2 aromatic heterocycles. The summed E-state index contributed by atoms with van der Waals surface area (Å²) in [7, 11) is 0. The Morgan fingerprint density at radius 2 is 2.08 bits per heavy atom. The third-order valence-corrected chi connectivity index (χ3v) is 4.67. The number of benzene rings is 1. The van der Waals surface area contributed by atoms with Crippen molar-refractivity contribution in [1.29, 1.82) is 0 Å². The van der Waals surface area contributed by atoms with E-state index in [9.17, 15) is 4.39 Å². The molecule has 1 aromatic carbocycles. The van der Waals surface area contributed by atoms with Crippen LogP contribution in [0.4, 0.5) is 10.2 Å². The van der Waals surface area contributed by atoms with E-state index in [1.807, 2.05) is 35.7 Å². The van der Waals surface area contributed by atoms with E-state index >= 15 is 0 Å². The van der Waals surface area contributed by atoms with Gasteiger partial charge in [0.25, 0.3) is 0 Å². The second kappa shape index (κ2) is 6.61. The van der Waals surface area contributed by atoms with Crippen LogP contribution in [-0.2, 0) is 6.42 Å². The van der Waals surface area contributed by atoms with Crippen molar-refractivity contribution >= 4 is 23.1 Å². The number of nitrogens with zero attached hydrogens (tertiary/aromatic N) is 4. The molecule has 0 amide bonds. The van der Waals surface area contributed by atoms with Gasteiger partial charge in [0.1, 0.15) is 16.8 Å². The highest BCUT2D eigenvalue weighted by Crippen LogP contribution is 2.22. The molecule has 1 fully saturated rings. The van der Waals surface area contributed by atoms with E-state index in [1.54, 1.807) is 0 Å². The van der Waals surface area contributed by atoms with Gasteiger partial charge in [0.05, 0.1) is 5.69 Å². The molecule has 130 valence electrons. The lowest BCUT2D eigenvalue weighted by Crippen LogP contribution is -2.52. The summed E-state index contributed by atoms with van der Waals surface area (Å²) in [4.78, 5) is 6.61. The summed E-state index contributed by atoms with van der Waals surface area (Å²) in [6.07, 6.45) is 0.844. The zero-order valence-corrected chi connectivity index (χ0v) is 14.7. The Balaban J connectivity index is 1.58. The van der Waals surface area contributed by atoms with Crippen molar-refractivity contribution in [3.63, 3.8) is 0 Å². The normalized spacial score (nSPS) is 18.0. The first-order valence-electron chi connectivity index (χ1n) is 8.34. The van der Waals surface area contributed by atoms with Crippen molar-refractivity contribution in [3.05, 3.63) is 58.6 Å². The topological polar surface area (TPSA) is 45.5 Å². The summed E-state index contributed by atoms with van der Waals surface area (Å²) < 4.78 is 14.9. The molecule has 3 heterocycles. The van der Waals surface area contributed by atoms with Gasteiger partial charge in [-0.2, -0.15) is 9.61 Å². The van der Waals surface area contributed by atoms with Crippen molar-refractivity contribution in [3.8, 4) is 0 Å². The van der Waals surface area contributed by atoms with Crippen LogP contribution in [-0.4, -0.2) is 40.3 Å². The quantitative estimate of drug-likeness (QED) is 0.730. The Hall–Kier alpha value is -2.18. The van der Waals surface area contributed by atoms with Gasteiger partial charge in [-0.05, 0) is 31.0 Å². The average Bonchev–Trinajstić information content (AvgIpc) is 2.96. The molecule has 1 unspecified atom stereocenters. The van der Waals surface area contributed by atoms with Gasteiger partial charge < -0.3 is 10.2 Å². The number of anilines is 1. The summed E-state index contributed by atoms with van der Waals surface area (Å²) >= 11 is 6.20. The molecule has 4 rings (SSSR count). The fraction of sp³-hybridized carbons (Fsp3) is 0.333. The van der Waals surface area contributed by atoms with Crippen LogP contribution in [0.1, 0.15) is 11.3 Å². The third kappa shape index (κ3) is 3.45. The highest BCUT2D eigenvalue weighted by Gasteiger charge is 2.22. The lowest BCUT2D eigenvalue weighted by atomic mass is 10.0. The van der Waals surface area contributed by atoms with E-state index in [4.69, 9.17) is 11.6 Å². The molecule has 0 spiro atoms. The number of piperazine rings is 1. The molecule has 5 nitrogen and oxygen atoms in total. The minimum Gasteiger partial charge on any atom is -0.354 e. The minimum atomic E-state index is -0.204. The van der Waals surface area contributed by atoms with Gasteiger partial charge in [-0.15, -0.1) is 0 Å². The third-order valence-electron chi connectivity index (χ3n) is 4.47. The molecule has 25 heavy (non-hydrogen) atoms. The summed E-state index contributed by atoms with van der Waals surface area (Å²) in [5.41, 5.74) is 2.79. The molecule has 1 atom stereocenters. The van der Waals surface area contributed by atoms with Gasteiger partial charge in [0, 0.05) is 37.8 Å². The number of aryl methyl sites for hydroxylation is 1. The second-order valence-electron chi connectivity index (χ2n) is 6.42. The van der Waals surface area contributed by atoms with Gasteiger partial charge in [-0.3, -0.25) is 0 Å². The van der Waals surface area contributed by atoms with E-state index in [0.717, 1.165) is 48.8 Å². The van der Waals surface area contributed by atoms with Crippen LogP contribution in [0.25, 0.3) is 5.65 Å². The highest BCUT2D eigenvalue weighted by atomic mass is 35.5. The van der Waals surface area contributed by atoms with Crippen molar-refractivity contribution in [2.75, 3.05) is 24.5 Å². The number of nitrogens with one attached hydrogen (secondary N) is 1. The van der Waals surface area contributed by atoms with Crippen molar-refractivity contribution in [2.45, 2.75) is 19.4 Å². The SMILES string of the molecule is Cc1cc2nc(Cl)cc(N3CCNC(Cc4ccc(F)cc4)C3)n2n1. The van der Waals surface area contributed by atoms with Crippen LogP contribution in [0.15, 0.2) is 36.4 Å². The summed E-state index contributed by atoms with van der Waals surface area (Å²) in [6.45, 7) is 4.51. The van der Waals surface area contributed by atoms with E-state index in [-0.39, 0.29) is 11.9 Å². The van der Waals surface area contributed by atoms with Crippen LogP contribution in [0.2, 0.25) is 5.15 Å². The Bertz CT molecular complexity index is 892. The van der Waals surface area contributed by atoms with Crippen LogP contribution in [0.5, 0.6) is 0 Å². The maximum absolute atomic E-state index is 13.1. The summed E-state index contributed by atoms with van der Waals surface area (Å²) in [5.74, 6) is 0.749. The fourth-order valence-electron chi connectivity index (χ4n) is 3.34. The predicted molar refractivity (Wildman–Crippen MR) is 96.8 cm³/mol. The van der Waals surface area contributed by atoms with Crippen LogP contribution in [0.3, 0.4) is 0 Å². The smallest absolute Gasteiger partial charge is 0.159 e. The van der Waals surface area contributed by atoms with Gasteiger partial charge in [-0.25, -0.2) is 9.37 Å². The highest BCUT2D eigenvalue weighted by molar-refractivity contribution is 6.29. The number of hydrogen-bond acceptors (Lipinski definition) is 4. The van der Waals surface area contributed by atoms with Crippen LogP contribution < -0.4 is 10.2 Å². The van der Waals surface area contributed by atoms with E-state index < -0.39 is 0 Å². The minimum absolute atomic E-state index is 0.204. The first-order chi connectivity index (χ1) is 12.1. The molecule has 0 radical (unpaired) electrons. The second-order valence-corrected chi connectivity index (χ2v) is 6.81. The van der Waals surface area contributed by atoms with E-state index in [0.29, 0.717) is 5.15 Å². The van der Waals surface area contributed by atoms with Gasteiger partial charge in [0.2, 0.25) is 0 Å². The van der Waals surface area contributed by atoms with Crippen LogP contribution >= 0.6 is 11.6 Å². The maximum Gasteiger partial charge on any atom is 0.159 e. The molecule has 1 saturated heterocycles. The van der Waals surface area contributed by atoms with Gasteiger partial charge in [-0.1, -0.05) is 23.7 Å². The number of hydrogen-bond donors (Lipinski definition) is 1. The molecule has 7 heteroatoms. The average molecular weight is 360 g/mol. The van der Waals surface area contributed by atoms with Crippen molar-refractivity contribution in [2.24, 2.45) is 0 Å². The Morgan fingerprint density at radius 1 is 1.28 bits per heavy atom. The van der Waals surface area contributed by atoms with Crippen LogP contribution in [0, 0.1) is 12.7 Å². The molecule has 1 aliphatic heterocycles. The maximum atomic E-state index is 13.1. The predicted octanol–water partition coefficient (Wildman–Crippen LogP) is 2.85. The summed E-state index contributed by atoms with van der Waals surface area (Å²) in [5, 5.41) is 8.54. The van der Waals surface area contributed by atoms with E-state index in [1.165, 1.54) is 12.1 Å². The molecule has 3 aromatic rings. The van der Waals surface area contributed by atoms with Gasteiger partial charge >= 0.3 is 0 Å². The number of aromatic nitrogens is 3. The van der Waals surface area contributed by atoms with Crippen molar-refractivity contribution < 1.29 is 4.39 Å². The lowest BCUT2D eigenvalue weighted by molar-refractivity contribution is 0.450. The standard InChI is InChI=1S/C18H19ClFN5/c1-12-8-17-22-16(19)10-18(25(17)23-12)24-7-6-21-15(11-24)9-13-2-4-14(20)5-3-13/h2-5,8,10,15,21H,6-7,9,11H2,1H3. The summed E-state index contributed by atoms with van der Waals surface area (Å²) in [6, 6.07) is 10.8. The number of fused-ring (bicyclic) bond motifs is 1. The number of rotatable bonds is 3. The number of halogens is 2. The molecule has 0 bridgehead atoms.